The lowest BCUT2D eigenvalue weighted by Crippen LogP contribution is -2.43. The molecule has 0 radical (unpaired) electrons. The summed E-state index contributed by atoms with van der Waals surface area (Å²) in [5.74, 6) is 0.326. The molecule has 0 aliphatic carbocycles. The van der Waals surface area contributed by atoms with Crippen LogP contribution in [0.5, 0.6) is 0 Å². The molecule has 1 amide bonds. The number of likely N-dealkylation sites (tertiary alicyclic amines) is 2. The zero-order valence-electron chi connectivity index (χ0n) is 17.5. The van der Waals surface area contributed by atoms with Crippen molar-refractivity contribution in [1.29, 1.82) is 0 Å². The smallest absolute Gasteiger partial charge is 0.244 e. The maximum Gasteiger partial charge on any atom is 0.244 e. The molecule has 0 spiro atoms. The summed E-state index contributed by atoms with van der Waals surface area (Å²) in [4.78, 5) is 20.9. The molecule has 2 saturated heterocycles. The van der Waals surface area contributed by atoms with Gasteiger partial charge in [-0.2, -0.15) is 0 Å². The summed E-state index contributed by atoms with van der Waals surface area (Å²) >= 11 is 6.36. The Bertz CT molecular complexity index is 703. The molecular formula is C21H32ClFIN5O. The van der Waals surface area contributed by atoms with E-state index in [4.69, 9.17) is 11.6 Å². The van der Waals surface area contributed by atoms with E-state index in [-0.39, 0.29) is 48.3 Å². The monoisotopic (exact) mass is 551 g/mol. The van der Waals surface area contributed by atoms with Crippen molar-refractivity contribution in [2.45, 2.75) is 38.6 Å². The van der Waals surface area contributed by atoms with E-state index < -0.39 is 0 Å². The van der Waals surface area contributed by atoms with Crippen LogP contribution in [0.2, 0.25) is 5.02 Å². The van der Waals surface area contributed by atoms with Crippen LogP contribution in [0.15, 0.2) is 23.2 Å². The summed E-state index contributed by atoms with van der Waals surface area (Å²) in [5, 5.41) is 6.92. The Labute approximate surface area is 200 Å². The third-order valence-corrected chi connectivity index (χ3v) is 5.88. The first-order valence-electron chi connectivity index (χ1n) is 10.6. The van der Waals surface area contributed by atoms with Crippen LogP contribution in [-0.2, 0) is 4.79 Å². The molecule has 1 unspecified atom stereocenters. The molecule has 2 fully saturated rings. The standard InChI is InChI=1S/C21H31ClFN5O.HI/c1-2-24-21(26-15-19(29)28-12-5-6-13-28)25-14-18(27-10-3-4-11-27)20-16(22)8-7-9-17(20)23;/h7-9,18H,2-6,10-15H2,1H3,(H2,24,25,26);1H. The number of nitrogens with one attached hydrogen (secondary N) is 2. The maximum atomic E-state index is 14.6. The summed E-state index contributed by atoms with van der Waals surface area (Å²) < 4.78 is 14.6. The third kappa shape index (κ3) is 6.68. The number of rotatable bonds is 7. The third-order valence-electron chi connectivity index (χ3n) is 5.55. The second kappa shape index (κ2) is 12.7. The minimum Gasteiger partial charge on any atom is -0.357 e. The van der Waals surface area contributed by atoms with Gasteiger partial charge in [-0.15, -0.1) is 24.0 Å². The van der Waals surface area contributed by atoms with Crippen LogP contribution < -0.4 is 10.6 Å². The van der Waals surface area contributed by atoms with Crippen molar-refractivity contribution in [2.24, 2.45) is 4.99 Å². The summed E-state index contributed by atoms with van der Waals surface area (Å²) in [6.45, 7) is 6.71. The second-order valence-corrected chi connectivity index (χ2v) is 7.97. The van der Waals surface area contributed by atoms with Gasteiger partial charge >= 0.3 is 0 Å². The molecule has 6 nitrogen and oxygen atoms in total. The first-order valence-corrected chi connectivity index (χ1v) is 11.0. The Kier molecular flexibility index (Phi) is 10.6. The number of aliphatic imine (C=N–C) groups is 1. The minimum absolute atomic E-state index is 0. The van der Waals surface area contributed by atoms with E-state index in [9.17, 15) is 9.18 Å². The van der Waals surface area contributed by atoms with E-state index in [2.05, 4.69) is 20.5 Å². The van der Waals surface area contributed by atoms with Crippen molar-refractivity contribution in [2.75, 3.05) is 45.8 Å². The quantitative estimate of drug-likeness (QED) is 0.310. The number of guanidine groups is 1. The lowest BCUT2D eigenvalue weighted by Gasteiger charge is -2.29. The Morgan fingerprint density at radius 2 is 1.83 bits per heavy atom. The van der Waals surface area contributed by atoms with Crippen LogP contribution in [-0.4, -0.2) is 67.5 Å². The largest absolute Gasteiger partial charge is 0.357 e. The Hall–Kier alpha value is -1.13. The molecule has 0 saturated carbocycles. The maximum absolute atomic E-state index is 14.6. The van der Waals surface area contributed by atoms with E-state index in [1.165, 1.54) is 6.07 Å². The molecule has 1 aromatic carbocycles. The van der Waals surface area contributed by atoms with Gasteiger partial charge in [-0.25, -0.2) is 9.38 Å². The topological polar surface area (TPSA) is 60.0 Å². The van der Waals surface area contributed by atoms with Gasteiger partial charge in [-0.1, -0.05) is 17.7 Å². The number of carbonyl (C=O) groups is 1. The molecule has 2 aliphatic rings. The van der Waals surface area contributed by atoms with E-state index in [0.717, 1.165) is 51.9 Å². The van der Waals surface area contributed by atoms with Crippen molar-refractivity contribution in [3.05, 3.63) is 34.6 Å². The van der Waals surface area contributed by atoms with Crippen LogP contribution in [0.25, 0.3) is 0 Å². The number of carbonyl (C=O) groups excluding carboxylic acids is 1. The molecule has 30 heavy (non-hydrogen) atoms. The highest BCUT2D eigenvalue weighted by atomic mass is 127. The van der Waals surface area contributed by atoms with Gasteiger partial charge < -0.3 is 15.5 Å². The summed E-state index contributed by atoms with van der Waals surface area (Å²) in [5.41, 5.74) is 0.521. The average molecular weight is 552 g/mol. The Morgan fingerprint density at radius 1 is 1.17 bits per heavy atom. The lowest BCUT2D eigenvalue weighted by atomic mass is 10.0. The fourth-order valence-electron chi connectivity index (χ4n) is 4.04. The number of amides is 1. The number of nitrogens with zero attached hydrogens (tertiary/aromatic N) is 3. The molecule has 2 heterocycles. The molecular weight excluding hydrogens is 520 g/mol. The van der Waals surface area contributed by atoms with Gasteiger partial charge in [0.15, 0.2) is 5.96 Å². The molecule has 1 atom stereocenters. The summed E-state index contributed by atoms with van der Waals surface area (Å²) in [6, 6.07) is 4.63. The van der Waals surface area contributed by atoms with E-state index >= 15 is 0 Å². The van der Waals surface area contributed by atoms with Crippen LogP contribution in [0.1, 0.15) is 44.2 Å². The van der Waals surface area contributed by atoms with Crippen molar-refractivity contribution in [1.82, 2.24) is 20.4 Å². The predicted molar refractivity (Wildman–Crippen MR) is 130 cm³/mol. The summed E-state index contributed by atoms with van der Waals surface area (Å²) in [6.07, 6.45) is 4.32. The average Bonchev–Trinajstić information content (AvgIpc) is 3.42. The highest BCUT2D eigenvalue weighted by Gasteiger charge is 2.28. The van der Waals surface area contributed by atoms with Crippen molar-refractivity contribution < 1.29 is 9.18 Å². The first kappa shape index (κ1) is 25.1. The lowest BCUT2D eigenvalue weighted by molar-refractivity contribution is -0.128. The first-order chi connectivity index (χ1) is 14.1. The van der Waals surface area contributed by atoms with Crippen LogP contribution in [0.3, 0.4) is 0 Å². The molecule has 9 heteroatoms. The minimum atomic E-state index is -0.289. The predicted octanol–water partition coefficient (Wildman–Crippen LogP) is 3.41. The van der Waals surface area contributed by atoms with Gasteiger partial charge in [0, 0.05) is 36.8 Å². The highest BCUT2D eigenvalue weighted by Crippen LogP contribution is 2.31. The number of hydrogen-bond donors (Lipinski definition) is 2. The second-order valence-electron chi connectivity index (χ2n) is 7.56. The fourth-order valence-corrected chi connectivity index (χ4v) is 4.33. The van der Waals surface area contributed by atoms with Crippen molar-refractivity contribution in [3.8, 4) is 0 Å². The molecule has 3 rings (SSSR count). The molecule has 168 valence electrons. The van der Waals surface area contributed by atoms with Gasteiger partial charge in [0.2, 0.25) is 5.91 Å². The van der Waals surface area contributed by atoms with Gasteiger partial charge in [-0.3, -0.25) is 9.69 Å². The van der Waals surface area contributed by atoms with Crippen LogP contribution in [0.4, 0.5) is 4.39 Å². The zero-order chi connectivity index (χ0) is 20.6. The molecule has 0 bridgehead atoms. The van der Waals surface area contributed by atoms with E-state index in [0.29, 0.717) is 29.6 Å². The number of benzene rings is 1. The SMILES string of the molecule is CCNC(=NCC(=O)N1CCCC1)NCC(c1c(F)cccc1Cl)N1CCCC1.I. The molecule has 0 aromatic heterocycles. The highest BCUT2D eigenvalue weighted by molar-refractivity contribution is 14.0. The fraction of sp³-hybridized carbons (Fsp3) is 0.619. The Balaban J connectivity index is 0.00000320. The zero-order valence-corrected chi connectivity index (χ0v) is 20.6. The number of hydrogen-bond acceptors (Lipinski definition) is 3. The number of halogens is 3. The van der Waals surface area contributed by atoms with E-state index in [1.807, 2.05) is 11.8 Å². The van der Waals surface area contributed by atoms with Gasteiger partial charge in [0.05, 0.1) is 6.04 Å². The molecule has 2 aliphatic heterocycles. The van der Waals surface area contributed by atoms with Gasteiger partial charge in [0.1, 0.15) is 12.4 Å². The van der Waals surface area contributed by atoms with Crippen LogP contribution >= 0.6 is 35.6 Å². The van der Waals surface area contributed by atoms with Crippen LogP contribution in [0, 0.1) is 5.82 Å². The molecule has 1 aromatic rings. The Morgan fingerprint density at radius 3 is 2.47 bits per heavy atom. The van der Waals surface area contributed by atoms with Crippen molar-refractivity contribution >= 4 is 47.4 Å². The van der Waals surface area contributed by atoms with Gasteiger partial charge in [0.25, 0.3) is 0 Å². The van der Waals surface area contributed by atoms with E-state index in [1.54, 1.807) is 12.1 Å². The van der Waals surface area contributed by atoms with Crippen molar-refractivity contribution in [3.63, 3.8) is 0 Å². The van der Waals surface area contributed by atoms with Gasteiger partial charge in [-0.05, 0) is 57.8 Å². The molecule has 2 N–H and O–H groups in total. The summed E-state index contributed by atoms with van der Waals surface area (Å²) in [7, 11) is 0. The normalized spacial score (nSPS) is 18.2.